The number of hydrogen-bond acceptors (Lipinski definition) is 9. The van der Waals surface area contributed by atoms with Gasteiger partial charge in [0.15, 0.2) is 11.8 Å². The van der Waals surface area contributed by atoms with E-state index in [2.05, 4.69) is 17.6 Å². The van der Waals surface area contributed by atoms with Crippen LogP contribution in [0, 0.1) is 0 Å². The Balaban J connectivity index is 1.62. The molecule has 0 bridgehead atoms. The van der Waals surface area contributed by atoms with Crippen LogP contribution in [0.3, 0.4) is 0 Å². The van der Waals surface area contributed by atoms with Crippen molar-refractivity contribution in [1.82, 2.24) is 10.2 Å². The van der Waals surface area contributed by atoms with E-state index < -0.39 is 41.9 Å². The fourth-order valence-corrected chi connectivity index (χ4v) is 5.36. The number of carbonyl (C=O) groups excluding carboxylic acids is 5. The second-order valence-electron chi connectivity index (χ2n) is 11.6. The molecule has 1 fully saturated rings. The van der Waals surface area contributed by atoms with Crippen LogP contribution in [-0.4, -0.2) is 86.9 Å². The van der Waals surface area contributed by atoms with Gasteiger partial charge in [-0.1, -0.05) is 107 Å². The number of esters is 1. The number of carbonyl (C=O) groups is 5. The SMILES string of the molecule is CCCCCCCCCCCCOC(=O)c1ccc(Cl)c(NC(=O)C(C(=O)c2ccccc2)N2C(=O)NC(OCCOCCOC)C2=O)c1. The Bertz CT molecular complexity index is 1370. The lowest BCUT2D eigenvalue weighted by molar-refractivity contribution is -0.141. The number of nitrogens with one attached hydrogen (secondary N) is 2. The van der Waals surface area contributed by atoms with Crippen molar-refractivity contribution in [1.29, 1.82) is 0 Å². The fraction of sp³-hybridized carbons (Fsp3) is 0.528. The van der Waals surface area contributed by atoms with Crippen molar-refractivity contribution in [3.8, 4) is 0 Å². The number of halogens is 1. The van der Waals surface area contributed by atoms with Gasteiger partial charge in [-0.05, 0) is 24.6 Å². The van der Waals surface area contributed by atoms with E-state index in [1.165, 1.54) is 76.0 Å². The highest BCUT2D eigenvalue weighted by atomic mass is 35.5. The monoisotopic (exact) mass is 701 g/mol. The topological polar surface area (TPSA) is 150 Å². The molecule has 4 amide bonds. The summed E-state index contributed by atoms with van der Waals surface area (Å²) in [5, 5.41) is 4.95. The van der Waals surface area contributed by atoms with Gasteiger partial charge in [0.2, 0.25) is 6.23 Å². The normalized spacial score (nSPS) is 14.8. The summed E-state index contributed by atoms with van der Waals surface area (Å²) >= 11 is 6.36. The van der Waals surface area contributed by atoms with E-state index in [0.29, 0.717) is 18.1 Å². The lowest BCUT2D eigenvalue weighted by atomic mass is 10.0. The number of hydrogen-bond donors (Lipinski definition) is 2. The van der Waals surface area contributed by atoms with Crippen molar-refractivity contribution < 1.29 is 42.9 Å². The predicted octanol–water partition coefficient (Wildman–Crippen LogP) is 6.17. The van der Waals surface area contributed by atoms with Gasteiger partial charge in [0, 0.05) is 12.7 Å². The summed E-state index contributed by atoms with van der Waals surface area (Å²) in [6.45, 7) is 3.22. The minimum atomic E-state index is -1.91. The summed E-state index contributed by atoms with van der Waals surface area (Å²) < 4.78 is 21.1. The molecule has 268 valence electrons. The van der Waals surface area contributed by atoms with E-state index in [1.54, 1.807) is 18.2 Å². The first-order chi connectivity index (χ1) is 23.8. The number of rotatable bonds is 24. The zero-order chi connectivity index (χ0) is 35.4. The molecular formula is C36H48ClN3O9. The van der Waals surface area contributed by atoms with E-state index in [4.69, 9.17) is 30.5 Å². The number of unbranched alkanes of at least 4 members (excludes halogenated alkanes) is 9. The fourth-order valence-electron chi connectivity index (χ4n) is 5.20. The van der Waals surface area contributed by atoms with E-state index in [0.717, 1.165) is 25.7 Å². The minimum absolute atomic E-state index is 0.000947. The van der Waals surface area contributed by atoms with E-state index in [-0.39, 0.29) is 41.7 Å². The maximum Gasteiger partial charge on any atom is 0.338 e. The molecule has 0 saturated carbocycles. The third kappa shape index (κ3) is 12.8. The molecule has 2 unspecified atom stereocenters. The highest BCUT2D eigenvalue weighted by molar-refractivity contribution is 6.34. The summed E-state index contributed by atoms with van der Waals surface area (Å²) in [5.74, 6) is -3.35. The predicted molar refractivity (Wildman–Crippen MR) is 185 cm³/mol. The number of anilines is 1. The number of urea groups is 1. The van der Waals surface area contributed by atoms with Crippen molar-refractivity contribution in [2.45, 2.75) is 83.4 Å². The maximum atomic E-state index is 13.7. The zero-order valence-corrected chi connectivity index (χ0v) is 29.1. The van der Waals surface area contributed by atoms with E-state index in [9.17, 15) is 24.0 Å². The molecule has 49 heavy (non-hydrogen) atoms. The Hall–Kier alpha value is -3.84. The van der Waals surface area contributed by atoms with Crippen molar-refractivity contribution in [2.24, 2.45) is 0 Å². The van der Waals surface area contributed by atoms with Crippen LogP contribution in [-0.2, 0) is 28.5 Å². The summed E-state index contributed by atoms with van der Waals surface area (Å²) in [4.78, 5) is 67.0. The van der Waals surface area contributed by atoms with E-state index in [1.807, 2.05) is 0 Å². The maximum absolute atomic E-state index is 13.7. The number of benzene rings is 2. The first-order valence-electron chi connectivity index (χ1n) is 17.0. The smallest absolute Gasteiger partial charge is 0.338 e. The molecule has 1 saturated heterocycles. The molecule has 1 aliphatic heterocycles. The Kier molecular flexibility index (Phi) is 17.8. The quantitative estimate of drug-likeness (QED) is 0.0431. The highest BCUT2D eigenvalue weighted by Gasteiger charge is 2.48. The van der Waals surface area contributed by atoms with Crippen LogP contribution in [0.5, 0.6) is 0 Å². The molecule has 2 aromatic rings. The van der Waals surface area contributed by atoms with Gasteiger partial charge in [0.1, 0.15) is 0 Å². The molecular weight excluding hydrogens is 654 g/mol. The van der Waals surface area contributed by atoms with Crippen LogP contribution >= 0.6 is 11.6 Å². The number of nitrogens with zero attached hydrogens (tertiary/aromatic N) is 1. The number of amides is 4. The summed E-state index contributed by atoms with van der Waals surface area (Å²) in [7, 11) is 1.53. The molecule has 0 radical (unpaired) electrons. The summed E-state index contributed by atoms with van der Waals surface area (Å²) in [5.41, 5.74) is 0.224. The standard InChI is InChI=1S/C36H48ClN3O9/c1-3-4-5-6-7-8-9-10-11-15-20-49-35(44)27-18-19-28(37)29(25-27)38-32(42)30(31(41)26-16-13-12-14-17-26)40-34(43)33(39-36(40)45)48-24-23-47-22-21-46-2/h12-14,16-19,25,30,33H,3-11,15,20-24H2,1-2H3,(H,38,42)(H,39,45). The molecule has 2 N–H and O–H groups in total. The minimum Gasteiger partial charge on any atom is -0.462 e. The van der Waals surface area contributed by atoms with Crippen LogP contribution in [0.25, 0.3) is 0 Å². The Morgan fingerprint density at radius 2 is 1.49 bits per heavy atom. The van der Waals surface area contributed by atoms with Gasteiger partial charge in [-0.15, -0.1) is 0 Å². The Morgan fingerprint density at radius 3 is 2.16 bits per heavy atom. The average Bonchev–Trinajstić information content (AvgIpc) is 3.38. The van der Waals surface area contributed by atoms with Crippen molar-refractivity contribution >= 4 is 46.9 Å². The third-order valence-electron chi connectivity index (χ3n) is 7.88. The van der Waals surface area contributed by atoms with Crippen molar-refractivity contribution in [3.63, 3.8) is 0 Å². The second-order valence-corrected chi connectivity index (χ2v) is 12.1. The van der Waals surface area contributed by atoms with Gasteiger partial charge in [-0.2, -0.15) is 0 Å². The molecule has 13 heteroatoms. The third-order valence-corrected chi connectivity index (χ3v) is 8.21. The van der Waals surface area contributed by atoms with E-state index >= 15 is 0 Å². The van der Waals surface area contributed by atoms with Crippen LogP contribution in [0.2, 0.25) is 5.02 Å². The number of ether oxygens (including phenoxy) is 4. The molecule has 2 aromatic carbocycles. The average molecular weight is 702 g/mol. The first-order valence-corrected chi connectivity index (χ1v) is 17.3. The lowest BCUT2D eigenvalue weighted by Gasteiger charge is -2.24. The summed E-state index contributed by atoms with van der Waals surface area (Å²) in [6.07, 6.45) is 10.1. The molecule has 1 heterocycles. The lowest BCUT2D eigenvalue weighted by Crippen LogP contribution is -2.52. The number of methoxy groups -OCH3 is 1. The summed E-state index contributed by atoms with van der Waals surface area (Å²) in [6, 6.07) is 9.08. The van der Waals surface area contributed by atoms with Crippen LogP contribution in [0.15, 0.2) is 48.5 Å². The molecule has 0 aliphatic carbocycles. The largest absolute Gasteiger partial charge is 0.462 e. The van der Waals surface area contributed by atoms with Crippen molar-refractivity contribution in [3.05, 3.63) is 64.7 Å². The van der Waals surface area contributed by atoms with Gasteiger partial charge in [-0.25, -0.2) is 14.5 Å². The van der Waals surface area contributed by atoms with Gasteiger partial charge >= 0.3 is 12.0 Å². The zero-order valence-electron chi connectivity index (χ0n) is 28.4. The number of Topliss-reactive ketones (excluding diaryl/α,β-unsaturated/α-hetero) is 1. The molecule has 0 aromatic heterocycles. The molecule has 2 atom stereocenters. The van der Waals surface area contributed by atoms with Gasteiger partial charge in [0.05, 0.1) is 49.3 Å². The molecule has 12 nitrogen and oxygen atoms in total. The van der Waals surface area contributed by atoms with Gasteiger partial charge in [0.25, 0.3) is 11.8 Å². The molecule has 3 rings (SSSR count). The first kappa shape index (κ1) is 39.6. The van der Waals surface area contributed by atoms with Gasteiger partial charge in [-0.3, -0.25) is 14.4 Å². The van der Waals surface area contributed by atoms with Crippen LogP contribution < -0.4 is 10.6 Å². The van der Waals surface area contributed by atoms with Crippen LogP contribution in [0.1, 0.15) is 91.8 Å². The van der Waals surface area contributed by atoms with Gasteiger partial charge < -0.3 is 29.6 Å². The van der Waals surface area contributed by atoms with Crippen molar-refractivity contribution in [2.75, 3.05) is 45.5 Å². The highest BCUT2D eigenvalue weighted by Crippen LogP contribution is 2.26. The second kappa shape index (κ2) is 22.0. The molecule has 0 spiro atoms. The Morgan fingerprint density at radius 1 is 0.837 bits per heavy atom. The molecule has 1 aliphatic rings. The van der Waals surface area contributed by atoms with Crippen LogP contribution in [0.4, 0.5) is 10.5 Å². The number of ketones is 1. The Labute approximate surface area is 293 Å². The number of imide groups is 1.